The zero-order valence-electron chi connectivity index (χ0n) is 16.9. The maximum Gasteiger partial charge on any atom is 0.229 e. The number of aliphatic hydroxyl groups excluding tert-OH is 4. The Morgan fingerprint density at radius 3 is 2.41 bits per heavy atom. The first-order chi connectivity index (χ1) is 15.3. The number of hydrogen-bond donors (Lipinski definition) is 5. The fourth-order valence-corrected chi connectivity index (χ4v) is 3.59. The molecule has 2 heterocycles. The van der Waals surface area contributed by atoms with Crippen LogP contribution < -0.4 is 14.9 Å². The van der Waals surface area contributed by atoms with Crippen molar-refractivity contribution in [1.82, 2.24) is 0 Å². The molecule has 0 amide bonds. The second-order valence-corrected chi connectivity index (χ2v) is 7.29. The first-order valence-corrected chi connectivity index (χ1v) is 9.76. The van der Waals surface area contributed by atoms with Crippen LogP contribution in [0.4, 0.5) is 0 Å². The number of phenols is 1. The zero-order chi connectivity index (χ0) is 23.0. The molecule has 0 spiro atoms. The Bertz CT molecular complexity index is 1160. The molecule has 1 aromatic heterocycles. The summed E-state index contributed by atoms with van der Waals surface area (Å²) in [4.78, 5) is 12.7. The summed E-state index contributed by atoms with van der Waals surface area (Å²) in [5.41, 5.74) is 0.00651. The molecule has 1 saturated heterocycles. The van der Waals surface area contributed by atoms with E-state index >= 15 is 0 Å². The molecule has 1 fully saturated rings. The van der Waals surface area contributed by atoms with Gasteiger partial charge in [-0.15, -0.1) is 0 Å². The van der Waals surface area contributed by atoms with Crippen LogP contribution in [0.2, 0.25) is 0 Å². The van der Waals surface area contributed by atoms with Gasteiger partial charge in [-0.05, 0) is 0 Å². The van der Waals surface area contributed by atoms with Crippen LogP contribution in [0.25, 0.3) is 22.3 Å². The van der Waals surface area contributed by atoms with Crippen LogP contribution in [0.15, 0.2) is 51.7 Å². The average Bonchev–Trinajstić information content (AvgIpc) is 2.79. The van der Waals surface area contributed by atoms with Crippen LogP contribution in [0.3, 0.4) is 0 Å². The number of phenolic OH excluding ortho intramolecular Hbond substituents is 1. The van der Waals surface area contributed by atoms with Crippen molar-refractivity contribution in [1.29, 1.82) is 0 Å². The van der Waals surface area contributed by atoms with E-state index in [-0.39, 0.29) is 28.2 Å². The minimum absolute atomic E-state index is 0.0651. The fraction of sp³-hybridized carbons (Fsp3) is 0.318. The van der Waals surface area contributed by atoms with E-state index in [9.17, 15) is 30.3 Å². The zero-order valence-corrected chi connectivity index (χ0v) is 16.9. The highest BCUT2D eigenvalue weighted by molar-refractivity contribution is 5.91. The molecule has 4 rings (SSSR count). The molecule has 0 radical (unpaired) electrons. The smallest absolute Gasteiger partial charge is 0.229 e. The highest BCUT2D eigenvalue weighted by atomic mass is 16.7. The van der Waals surface area contributed by atoms with Crippen LogP contribution in [-0.4, -0.2) is 70.0 Å². The van der Waals surface area contributed by atoms with Gasteiger partial charge in [-0.3, -0.25) is 4.79 Å². The number of aliphatic hydroxyl groups is 4. The number of methoxy groups -OCH3 is 1. The van der Waals surface area contributed by atoms with E-state index in [0.717, 1.165) is 6.07 Å². The molecule has 3 aromatic rings. The van der Waals surface area contributed by atoms with Crippen LogP contribution in [0, 0.1) is 0 Å². The minimum atomic E-state index is -1.68. The van der Waals surface area contributed by atoms with Crippen molar-refractivity contribution in [2.24, 2.45) is 0 Å². The molecule has 5 atom stereocenters. The molecule has 5 unspecified atom stereocenters. The lowest BCUT2D eigenvalue weighted by atomic mass is 9.99. The number of ether oxygens (including phenoxy) is 3. The summed E-state index contributed by atoms with van der Waals surface area (Å²) in [6.07, 6.45) is -7.62. The van der Waals surface area contributed by atoms with Gasteiger partial charge in [-0.1, -0.05) is 30.3 Å². The molecule has 170 valence electrons. The number of aromatic hydroxyl groups is 1. The lowest BCUT2D eigenvalue weighted by molar-refractivity contribution is -0.277. The predicted octanol–water partition coefficient (Wildman–Crippen LogP) is 0.353. The van der Waals surface area contributed by atoms with Gasteiger partial charge in [0.15, 0.2) is 16.8 Å². The molecule has 2 aromatic carbocycles. The number of benzene rings is 2. The third kappa shape index (κ3) is 3.78. The quantitative estimate of drug-likeness (QED) is 0.370. The van der Waals surface area contributed by atoms with Gasteiger partial charge in [0.05, 0.1) is 13.7 Å². The second-order valence-electron chi connectivity index (χ2n) is 7.29. The van der Waals surface area contributed by atoms with Gasteiger partial charge in [0.1, 0.15) is 41.3 Å². The molecule has 0 bridgehead atoms. The minimum Gasteiger partial charge on any atom is -0.507 e. The molecule has 10 nitrogen and oxygen atoms in total. The highest BCUT2D eigenvalue weighted by Crippen LogP contribution is 2.42. The molecule has 1 aliphatic rings. The van der Waals surface area contributed by atoms with Gasteiger partial charge in [0, 0.05) is 17.7 Å². The van der Waals surface area contributed by atoms with Gasteiger partial charge in [-0.2, -0.15) is 0 Å². The summed E-state index contributed by atoms with van der Waals surface area (Å²) in [6.45, 7) is -0.639. The summed E-state index contributed by atoms with van der Waals surface area (Å²) in [7, 11) is 1.29. The third-order valence-electron chi connectivity index (χ3n) is 5.26. The Morgan fingerprint density at radius 2 is 1.75 bits per heavy atom. The maximum atomic E-state index is 12.7. The van der Waals surface area contributed by atoms with E-state index in [0.29, 0.717) is 5.56 Å². The number of fused-ring (bicyclic) bond motifs is 1. The van der Waals surface area contributed by atoms with Crippen LogP contribution in [0.1, 0.15) is 0 Å². The van der Waals surface area contributed by atoms with E-state index in [2.05, 4.69) is 0 Å². The van der Waals surface area contributed by atoms with Gasteiger partial charge >= 0.3 is 0 Å². The van der Waals surface area contributed by atoms with E-state index in [4.69, 9.17) is 18.6 Å². The summed E-state index contributed by atoms with van der Waals surface area (Å²) in [6, 6.07) is 11.2. The van der Waals surface area contributed by atoms with Crippen molar-refractivity contribution in [2.75, 3.05) is 13.7 Å². The second kappa shape index (κ2) is 8.77. The van der Waals surface area contributed by atoms with Gasteiger partial charge in [0.2, 0.25) is 12.0 Å². The highest BCUT2D eigenvalue weighted by Gasteiger charge is 2.45. The van der Waals surface area contributed by atoms with Crippen LogP contribution in [-0.2, 0) is 4.74 Å². The largest absolute Gasteiger partial charge is 0.507 e. The van der Waals surface area contributed by atoms with E-state index < -0.39 is 48.5 Å². The maximum absolute atomic E-state index is 12.7. The molecule has 10 heteroatoms. The Hall–Kier alpha value is -3.15. The van der Waals surface area contributed by atoms with Gasteiger partial charge in [-0.25, -0.2) is 0 Å². The monoisotopic (exact) mass is 446 g/mol. The van der Waals surface area contributed by atoms with E-state index in [1.54, 1.807) is 24.3 Å². The molecule has 0 saturated carbocycles. The first-order valence-electron chi connectivity index (χ1n) is 9.76. The van der Waals surface area contributed by atoms with Crippen molar-refractivity contribution >= 4 is 11.0 Å². The van der Waals surface area contributed by atoms with E-state index in [1.165, 1.54) is 13.2 Å². The molecular weight excluding hydrogens is 424 g/mol. The van der Waals surface area contributed by atoms with Gasteiger partial charge in [0.25, 0.3) is 0 Å². The fourth-order valence-electron chi connectivity index (χ4n) is 3.59. The molecule has 5 N–H and O–H groups in total. The van der Waals surface area contributed by atoms with Crippen molar-refractivity contribution in [3.8, 4) is 28.6 Å². The van der Waals surface area contributed by atoms with Crippen LogP contribution >= 0.6 is 0 Å². The Labute approximate surface area is 181 Å². The molecule has 32 heavy (non-hydrogen) atoms. The number of rotatable bonds is 5. The Morgan fingerprint density at radius 1 is 1.03 bits per heavy atom. The summed E-state index contributed by atoms with van der Waals surface area (Å²) in [5.74, 6) is -0.459. The van der Waals surface area contributed by atoms with Crippen molar-refractivity contribution in [2.45, 2.75) is 30.7 Å². The van der Waals surface area contributed by atoms with Gasteiger partial charge < -0.3 is 44.2 Å². The van der Waals surface area contributed by atoms with Crippen molar-refractivity contribution < 1.29 is 44.2 Å². The standard InChI is InChI=1S/C22H22O10/c1-29-20-14(31-22-19(28)18(27)17(26)15(9-23)32-22)8-12(25)16-11(24)7-13(30-21(16)20)10-5-3-2-4-6-10/h2-8,15,17-19,22-23,25-28H,9H2,1H3. The molecular formula is C22H22O10. The topological polar surface area (TPSA) is 159 Å². The predicted molar refractivity (Wildman–Crippen MR) is 111 cm³/mol. The molecule has 1 aliphatic heterocycles. The Kier molecular flexibility index (Phi) is 6.04. The molecule has 0 aliphatic carbocycles. The van der Waals surface area contributed by atoms with E-state index in [1.807, 2.05) is 6.07 Å². The summed E-state index contributed by atoms with van der Waals surface area (Å²) in [5, 5.41) is 49.9. The first kappa shape index (κ1) is 22.1. The lowest BCUT2D eigenvalue weighted by Gasteiger charge is -2.39. The van der Waals surface area contributed by atoms with Crippen LogP contribution in [0.5, 0.6) is 17.2 Å². The Balaban J connectivity index is 1.81. The normalized spacial score (nSPS) is 25.6. The summed E-state index contributed by atoms with van der Waals surface area (Å²) >= 11 is 0. The van der Waals surface area contributed by atoms with Crippen molar-refractivity contribution in [3.05, 3.63) is 52.7 Å². The SMILES string of the molecule is COc1c(OC2OC(CO)C(O)C(O)C2O)cc(O)c2c(=O)cc(-c3ccccc3)oc12. The lowest BCUT2D eigenvalue weighted by Crippen LogP contribution is -2.60. The number of hydrogen-bond acceptors (Lipinski definition) is 10. The average molecular weight is 446 g/mol. The van der Waals surface area contributed by atoms with Crippen molar-refractivity contribution in [3.63, 3.8) is 0 Å². The summed E-state index contributed by atoms with van der Waals surface area (Å²) < 4.78 is 22.2. The third-order valence-corrected chi connectivity index (χ3v) is 5.26.